The second-order valence-electron chi connectivity index (χ2n) is 7.48. The van der Waals surface area contributed by atoms with Crippen molar-refractivity contribution in [2.24, 2.45) is 0 Å². The normalized spacial score (nSPS) is 11.7. The molecule has 6 nitrogen and oxygen atoms in total. The van der Waals surface area contributed by atoms with Gasteiger partial charge in [-0.15, -0.1) is 0 Å². The van der Waals surface area contributed by atoms with E-state index in [0.717, 1.165) is 0 Å². The first-order valence-electron chi connectivity index (χ1n) is 10.6. The number of nitrogens with one attached hydrogen (secondary N) is 1. The van der Waals surface area contributed by atoms with E-state index in [9.17, 15) is 9.59 Å². The highest BCUT2D eigenvalue weighted by Gasteiger charge is 2.24. The van der Waals surface area contributed by atoms with Gasteiger partial charge in [-0.1, -0.05) is 48.9 Å². The Labute approximate surface area is 196 Å². The van der Waals surface area contributed by atoms with Crippen LogP contribution in [-0.2, 0) is 4.79 Å². The molecule has 1 amide bonds. The molecule has 0 radical (unpaired) electrons. The van der Waals surface area contributed by atoms with E-state index in [-0.39, 0.29) is 17.6 Å². The molecule has 0 spiro atoms. The zero-order chi connectivity index (χ0) is 23.4. The summed E-state index contributed by atoms with van der Waals surface area (Å²) >= 11 is 5.96. The molecule has 0 unspecified atom stereocenters. The van der Waals surface area contributed by atoms with Crippen LogP contribution in [0.3, 0.4) is 0 Å². The number of carbonyl (C=O) groups is 2. The number of benzene rings is 3. The first kappa shape index (κ1) is 22.4. The molecule has 4 aromatic rings. The largest absolute Gasteiger partial charge is 0.464 e. The van der Waals surface area contributed by atoms with Gasteiger partial charge in [-0.05, 0) is 48.9 Å². The van der Waals surface area contributed by atoms with Gasteiger partial charge in [-0.2, -0.15) is 0 Å². The maximum atomic E-state index is 13.1. The predicted molar refractivity (Wildman–Crippen MR) is 130 cm³/mol. The Kier molecular flexibility index (Phi) is 6.66. The van der Waals surface area contributed by atoms with Gasteiger partial charge in [0.25, 0.3) is 0 Å². The fourth-order valence-electron chi connectivity index (χ4n) is 3.49. The molecule has 0 bridgehead atoms. The zero-order valence-corrected chi connectivity index (χ0v) is 19.0. The second kappa shape index (κ2) is 9.79. The summed E-state index contributed by atoms with van der Waals surface area (Å²) in [6, 6.07) is 21.4. The average molecular weight is 460 g/mol. The van der Waals surface area contributed by atoms with Crippen LogP contribution in [0.4, 0.5) is 5.69 Å². The van der Waals surface area contributed by atoms with Gasteiger partial charge >= 0.3 is 0 Å². The number of rotatable bonds is 7. The highest BCUT2D eigenvalue weighted by Crippen LogP contribution is 2.34. The lowest BCUT2D eigenvalue weighted by Gasteiger charge is -2.19. The van der Waals surface area contributed by atoms with Crippen molar-refractivity contribution in [3.63, 3.8) is 0 Å². The third-order valence-corrected chi connectivity index (χ3v) is 5.33. The summed E-state index contributed by atoms with van der Waals surface area (Å²) in [4.78, 5) is 34.4. The Morgan fingerprint density at radius 1 is 0.939 bits per heavy atom. The van der Waals surface area contributed by atoms with Crippen LogP contribution in [0.15, 0.2) is 72.8 Å². The van der Waals surface area contributed by atoms with Crippen molar-refractivity contribution >= 4 is 40.0 Å². The van der Waals surface area contributed by atoms with Crippen LogP contribution in [0.1, 0.15) is 30.6 Å². The molecule has 0 saturated heterocycles. The predicted octanol–water partition coefficient (Wildman–Crippen LogP) is 5.95. The molecule has 0 aliphatic rings. The third-order valence-electron chi connectivity index (χ3n) is 5.08. The number of Topliss-reactive ketones (excluding diaryl/α,β-unsaturated/α-hetero) is 1. The van der Waals surface area contributed by atoms with Crippen LogP contribution < -0.4 is 10.1 Å². The van der Waals surface area contributed by atoms with Gasteiger partial charge in [0.1, 0.15) is 5.69 Å². The van der Waals surface area contributed by atoms with Gasteiger partial charge in [0.05, 0.1) is 16.7 Å². The van der Waals surface area contributed by atoms with Crippen molar-refractivity contribution < 1.29 is 14.3 Å². The molecule has 166 valence electrons. The minimum absolute atomic E-state index is 0.176. The number of ether oxygens (including phenoxy) is 1. The highest BCUT2D eigenvalue weighted by atomic mass is 35.5. The Balaban J connectivity index is 1.80. The first-order valence-corrected chi connectivity index (χ1v) is 10.9. The van der Waals surface area contributed by atoms with E-state index in [1.807, 2.05) is 49.4 Å². The standard InChI is InChI=1S/C26H22ClN3O3/c1-3-23(25(32)17-12-14-18(27)15-13-17)33-26-24(29-21-10-6-7-11-22(21)30-26)19-8-4-5-9-20(19)28-16(2)31/h4-15,23H,3H2,1-2H3,(H,28,31)/t23-/m1/s1. The third kappa shape index (κ3) is 5.02. The number of aromatic nitrogens is 2. The van der Waals surface area contributed by atoms with Gasteiger partial charge in [0.15, 0.2) is 6.10 Å². The Bertz CT molecular complexity index is 1320. The SMILES string of the molecule is CC[C@@H](Oc1nc2ccccc2nc1-c1ccccc1NC(C)=O)C(=O)c1ccc(Cl)cc1. The van der Waals surface area contributed by atoms with Gasteiger partial charge < -0.3 is 10.1 Å². The van der Waals surface area contributed by atoms with E-state index < -0.39 is 6.10 Å². The van der Waals surface area contributed by atoms with Gasteiger partial charge in [-0.25, -0.2) is 9.97 Å². The van der Waals surface area contributed by atoms with E-state index in [0.29, 0.717) is 45.0 Å². The van der Waals surface area contributed by atoms with Crippen LogP contribution in [0, 0.1) is 0 Å². The first-order chi connectivity index (χ1) is 16.0. The summed E-state index contributed by atoms with van der Waals surface area (Å²) < 4.78 is 6.19. The van der Waals surface area contributed by atoms with Crippen molar-refractivity contribution in [3.05, 3.63) is 83.4 Å². The summed E-state index contributed by atoms with van der Waals surface area (Å²) in [6.07, 6.45) is -0.337. The number of hydrogen-bond acceptors (Lipinski definition) is 5. The highest BCUT2D eigenvalue weighted by molar-refractivity contribution is 6.30. The molecular formula is C26H22ClN3O3. The Morgan fingerprint density at radius 3 is 2.24 bits per heavy atom. The lowest BCUT2D eigenvalue weighted by Crippen LogP contribution is -2.27. The monoisotopic (exact) mass is 459 g/mol. The maximum Gasteiger partial charge on any atom is 0.242 e. The van der Waals surface area contributed by atoms with Gasteiger partial charge in [0, 0.05) is 23.1 Å². The summed E-state index contributed by atoms with van der Waals surface area (Å²) in [6.45, 7) is 3.32. The van der Waals surface area contributed by atoms with Crippen LogP contribution in [0.2, 0.25) is 5.02 Å². The molecular weight excluding hydrogens is 438 g/mol. The molecule has 1 heterocycles. The number of amides is 1. The number of carbonyl (C=O) groups excluding carboxylic acids is 2. The van der Waals surface area contributed by atoms with Crippen LogP contribution in [-0.4, -0.2) is 27.8 Å². The van der Waals surface area contributed by atoms with Crippen molar-refractivity contribution in [2.45, 2.75) is 26.4 Å². The summed E-state index contributed by atoms with van der Waals surface area (Å²) in [5.74, 6) is -0.158. The minimum Gasteiger partial charge on any atom is -0.464 e. The average Bonchev–Trinajstić information content (AvgIpc) is 2.82. The maximum absolute atomic E-state index is 13.1. The summed E-state index contributed by atoms with van der Waals surface area (Å²) in [5.41, 5.74) is 3.49. The molecule has 3 aromatic carbocycles. The molecule has 0 fully saturated rings. The van der Waals surface area contributed by atoms with Crippen molar-refractivity contribution in [3.8, 4) is 17.1 Å². The van der Waals surface area contributed by atoms with E-state index in [4.69, 9.17) is 21.3 Å². The van der Waals surface area contributed by atoms with E-state index in [1.165, 1.54) is 6.92 Å². The molecule has 7 heteroatoms. The Morgan fingerprint density at radius 2 is 1.58 bits per heavy atom. The van der Waals surface area contributed by atoms with Crippen LogP contribution in [0.5, 0.6) is 5.88 Å². The number of nitrogens with zero attached hydrogens (tertiary/aromatic N) is 2. The summed E-state index contributed by atoms with van der Waals surface area (Å²) in [7, 11) is 0. The fourth-order valence-corrected chi connectivity index (χ4v) is 3.61. The van der Waals surface area contributed by atoms with E-state index in [2.05, 4.69) is 10.3 Å². The summed E-state index contributed by atoms with van der Waals surface area (Å²) in [5, 5.41) is 3.38. The molecule has 1 atom stereocenters. The fraction of sp³-hybridized carbons (Fsp3) is 0.154. The quantitative estimate of drug-likeness (QED) is 0.345. The number of anilines is 1. The topological polar surface area (TPSA) is 81.2 Å². The molecule has 4 rings (SSSR count). The molecule has 1 N–H and O–H groups in total. The lowest BCUT2D eigenvalue weighted by atomic mass is 10.0. The number of hydrogen-bond donors (Lipinski definition) is 1. The van der Waals surface area contributed by atoms with Crippen LogP contribution >= 0.6 is 11.6 Å². The van der Waals surface area contributed by atoms with E-state index in [1.54, 1.807) is 30.3 Å². The smallest absolute Gasteiger partial charge is 0.242 e. The van der Waals surface area contributed by atoms with Gasteiger partial charge in [-0.3, -0.25) is 9.59 Å². The second-order valence-corrected chi connectivity index (χ2v) is 7.92. The number of para-hydroxylation sites is 3. The van der Waals surface area contributed by atoms with Gasteiger partial charge in [0.2, 0.25) is 17.6 Å². The molecule has 1 aromatic heterocycles. The molecule has 0 aliphatic heterocycles. The minimum atomic E-state index is -0.770. The van der Waals surface area contributed by atoms with Crippen molar-refractivity contribution in [1.29, 1.82) is 0 Å². The van der Waals surface area contributed by atoms with Crippen molar-refractivity contribution in [1.82, 2.24) is 9.97 Å². The number of fused-ring (bicyclic) bond motifs is 1. The van der Waals surface area contributed by atoms with Crippen molar-refractivity contribution in [2.75, 3.05) is 5.32 Å². The van der Waals surface area contributed by atoms with Crippen LogP contribution in [0.25, 0.3) is 22.3 Å². The molecule has 33 heavy (non-hydrogen) atoms. The Hall–Kier alpha value is -3.77. The zero-order valence-electron chi connectivity index (χ0n) is 18.2. The number of halogens is 1. The lowest BCUT2D eigenvalue weighted by molar-refractivity contribution is -0.114. The van der Waals surface area contributed by atoms with E-state index >= 15 is 0 Å². The molecule has 0 saturated carbocycles. The number of ketones is 1. The molecule has 0 aliphatic carbocycles.